The van der Waals surface area contributed by atoms with E-state index in [2.05, 4.69) is 5.16 Å². The fourth-order valence-corrected chi connectivity index (χ4v) is 3.02. The number of nitrogens with zero attached hydrogens (tertiary/aromatic N) is 2. The second-order valence-electron chi connectivity index (χ2n) is 5.89. The van der Waals surface area contributed by atoms with Crippen molar-refractivity contribution in [2.24, 2.45) is 5.92 Å². The molecule has 1 aliphatic heterocycles. The Kier molecular flexibility index (Phi) is 4.04. The van der Waals surface area contributed by atoms with E-state index in [1.54, 1.807) is 19.2 Å². The molecule has 1 fully saturated rings. The van der Waals surface area contributed by atoms with Crippen LogP contribution in [0, 0.1) is 19.8 Å². The van der Waals surface area contributed by atoms with Gasteiger partial charge in [0.1, 0.15) is 11.3 Å². The molecule has 0 unspecified atom stereocenters. The van der Waals surface area contributed by atoms with Crippen LogP contribution in [0.5, 0.6) is 0 Å². The number of aromatic nitrogens is 2. The highest BCUT2D eigenvalue weighted by atomic mass is 16.5. The Morgan fingerprint density at radius 2 is 2.22 bits per heavy atom. The van der Waals surface area contributed by atoms with E-state index in [1.165, 1.54) is 4.57 Å². The molecule has 2 atom stereocenters. The molecule has 1 N–H and O–H groups in total. The minimum absolute atomic E-state index is 0.0319. The van der Waals surface area contributed by atoms with Gasteiger partial charge in [0.2, 0.25) is 0 Å². The van der Waals surface area contributed by atoms with E-state index >= 15 is 0 Å². The maximum atomic E-state index is 12.5. The Hall–Kier alpha value is -2.41. The predicted molar refractivity (Wildman–Crippen MR) is 80.7 cm³/mol. The summed E-state index contributed by atoms with van der Waals surface area (Å²) in [4.78, 5) is 23.8. The molecular formula is C16H18N2O5. The lowest BCUT2D eigenvalue weighted by atomic mass is 9.97. The third kappa shape index (κ3) is 2.92. The molecule has 0 radical (unpaired) electrons. The van der Waals surface area contributed by atoms with Crippen LogP contribution in [0.3, 0.4) is 0 Å². The smallest absolute Gasteiger partial charge is 0.341 e. The van der Waals surface area contributed by atoms with Gasteiger partial charge in [0, 0.05) is 24.6 Å². The van der Waals surface area contributed by atoms with Crippen molar-refractivity contribution in [1.29, 1.82) is 0 Å². The van der Waals surface area contributed by atoms with Crippen LogP contribution in [-0.2, 0) is 11.2 Å². The molecule has 1 saturated heterocycles. The van der Waals surface area contributed by atoms with Crippen molar-refractivity contribution in [2.75, 3.05) is 13.2 Å². The Bertz CT molecular complexity index is 792. The highest BCUT2D eigenvalue weighted by Crippen LogP contribution is 2.28. The maximum absolute atomic E-state index is 12.5. The molecule has 3 heterocycles. The van der Waals surface area contributed by atoms with Gasteiger partial charge < -0.3 is 18.9 Å². The quantitative estimate of drug-likeness (QED) is 0.919. The minimum Gasteiger partial charge on any atom is -0.477 e. The summed E-state index contributed by atoms with van der Waals surface area (Å²) in [7, 11) is 0. The number of pyridine rings is 1. The van der Waals surface area contributed by atoms with Crippen molar-refractivity contribution in [1.82, 2.24) is 9.72 Å². The van der Waals surface area contributed by atoms with E-state index in [0.29, 0.717) is 25.2 Å². The molecule has 0 bridgehead atoms. The number of carboxylic acids is 1. The zero-order valence-electron chi connectivity index (χ0n) is 13.0. The van der Waals surface area contributed by atoms with Gasteiger partial charge in [-0.1, -0.05) is 5.16 Å². The second kappa shape index (κ2) is 6.00. The van der Waals surface area contributed by atoms with E-state index in [-0.39, 0.29) is 17.5 Å². The van der Waals surface area contributed by atoms with Crippen molar-refractivity contribution in [3.8, 4) is 0 Å². The summed E-state index contributed by atoms with van der Waals surface area (Å²) in [5, 5.41) is 13.1. The molecule has 7 nitrogen and oxygen atoms in total. The van der Waals surface area contributed by atoms with Crippen molar-refractivity contribution < 1.29 is 19.2 Å². The molecule has 0 saturated carbocycles. The lowest BCUT2D eigenvalue weighted by Gasteiger charge is -2.20. The molecule has 0 aromatic carbocycles. The summed E-state index contributed by atoms with van der Waals surface area (Å²) in [6, 6.07) is 3.29. The summed E-state index contributed by atoms with van der Waals surface area (Å²) in [6.45, 7) is 4.33. The maximum Gasteiger partial charge on any atom is 0.341 e. The van der Waals surface area contributed by atoms with Gasteiger partial charge >= 0.3 is 5.97 Å². The van der Waals surface area contributed by atoms with Gasteiger partial charge in [-0.05, 0) is 25.5 Å². The Morgan fingerprint density at radius 3 is 2.87 bits per heavy atom. The van der Waals surface area contributed by atoms with Crippen LogP contribution in [0.25, 0.3) is 0 Å². The highest BCUT2D eigenvalue weighted by molar-refractivity contribution is 5.88. The predicted octanol–water partition coefficient (Wildman–Crippen LogP) is 1.58. The van der Waals surface area contributed by atoms with Gasteiger partial charge in [-0.15, -0.1) is 0 Å². The van der Waals surface area contributed by atoms with Gasteiger partial charge in [0.25, 0.3) is 5.56 Å². The number of hydrogen-bond acceptors (Lipinski definition) is 5. The van der Waals surface area contributed by atoms with Crippen LogP contribution in [0.1, 0.15) is 33.4 Å². The van der Waals surface area contributed by atoms with Gasteiger partial charge in [0.15, 0.2) is 0 Å². The summed E-state index contributed by atoms with van der Waals surface area (Å²) in [5.41, 5.74) is 0.580. The van der Waals surface area contributed by atoms with Crippen LogP contribution in [0.15, 0.2) is 27.6 Å². The molecule has 2 aromatic rings. The Morgan fingerprint density at radius 1 is 1.43 bits per heavy atom. The topological polar surface area (TPSA) is 94.6 Å². The summed E-state index contributed by atoms with van der Waals surface area (Å²) < 4.78 is 12.2. The average molecular weight is 318 g/mol. The first-order chi connectivity index (χ1) is 11.0. The number of carbonyl (C=O) groups is 1. The number of aryl methyl sites for hydroxylation is 2. The molecule has 0 aliphatic carbocycles. The summed E-state index contributed by atoms with van der Waals surface area (Å²) in [6.07, 6.45) is 2.23. The lowest BCUT2D eigenvalue weighted by Crippen LogP contribution is -2.33. The van der Waals surface area contributed by atoms with Crippen molar-refractivity contribution in [2.45, 2.75) is 26.3 Å². The first kappa shape index (κ1) is 15.5. The zero-order valence-corrected chi connectivity index (χ0v) is 13.0. The normalized spacial score (nSPS) is 20.8. The molecule has 0 amide bonds. The van der Waals surface area contributed by atoms with E-state index in [9.17, 15) is 14.7 Å². The van der Waals surface area contributed by atoms with E-state index in [4.69, 9.17) is 9.26 Å². The van der Waals surface area contributed by atoms with Gasteiger partial charge in [-0.25, -0.2) is 4.79 Å². The van der Waals surface area contributed by atoms with Crippen LogP contribution in [0.4, 0.5) is 0 Å². The first-order valence-electron chi connectivity index (χ1n) is 7.42. The van der Waals surface area contributed by atoms with Crippen LogP contribution >= 0.6 is 0 Å². The molecule has 7 heteroatoms. The minimum atomic E-state index is -1.21. The number of ether oxygens (including phenoxy) is 1. The second-order valence-corrected chi connectivity index (χ2v) is 5.89. The standard InChI is InChI=1S/C16H18N2O5/c1-9-3-4-18(15(19)14(9)16(20)21)13-8-22-7-11(13)6-12-5-10(2)17-23-12/h3-5,11,13H,6-8H2,1-2H3,(H,20,21)/t11-,13+/m1/s1. The highest BCUT2D eigenvalue weighted by Gasteiger charge is 2.32. The van der Waals surface area contributed by atoms with Crippen molar-refractivity contribution >= 4 is 5.97 Å². The fourth-order valence-electron chi connectivity index (χ4n) is 3.02. The SMILES string of the molecule is Cc1cc(C[C@@H]2COC[C@@H]2n2ccc(C)c(C(=O)O)c2=O)on1. The monoisotopic (exact) mass is 318 g/mol. The largest absolute Gasteiger partial charge is 0.477 e. The molecule has 2 aromatic heterocycles. The van der Waals surface area contributed by atoms with Gasteiger partial charge in [-0.2, -0.15) is 0 Å². The van der Waals surface area contributed by atoms with Gasteiger partial charge in [0.05, 0.1) is 24.9 Å². The van der Waals surface area contributed by atoms with Crippen LogP contribution in [0.2, 0.25) is 0 Å². The summed E-state index contributed by atoms with van der Waals surface area (Å²) >= 11 is 0. The molecule has 23 heavy (non-hydrogen) atoms. The molecule has 0 spiro atoms. The van der Waals surface area contributed by atoms with Gasteiger partial charge in [-0.3, -0.25) is 4.79 Å². The Labute approximate surface area is 132 Å². The molecule has 122 valence electrons. The number of rotatable bonds is 4. The summed E-state index contributed by atoms with van der Waals surface area (Å²) in [5.74, 6) is -0.436. The zero-order chi connectivity index (χ0) is 16.6. The molecule has 3 rings (SSSR count). The number of carboxylic acid groups (broad SMARTS) is 1. The van der Waals surface area contributed by atoms with E-state index in [1.807, 2.05) is 13.0 Å². The average Bonchev–Trinajstić information content (AvgIpc) is 3.09. The number of hydrogen-bond donors (Lipinski definition) is 1. The lowest BCUT2D eigenvalue weighted by molar-refractivity contribution is 0.0692. The molecular weight excluding hydrogens is 300 g/mol. The number of aromatic carboxylic acids is 1. The third-order valence-corrected chi connectivity index (χ3v) is 4.20. The fraction of sp³-hybridized carbons (Fsp3) is 0.438. The van der Waals surface area contributed by atoms with E-state index < -0.39 is 11.5 Å². The Balaban J connectivity index is 1.92. The molecule has 1 aliphatic rings. The first-order valence-corrected chi connectivity index (χ1v) is 7.42. The van der Waals surface area contributed by atoms with Crippen molar-refractivity contribution in [3.63, 3.8) is 0 Å². The van der Waals surface area contributed by atoms with Crippen LogP contribution < -0.4 is 5.56 Å². The van der Waals surface area contributed by atoms with E-state index in [0.717, 1.165) is 11.5 Å². The third-order valence-electron chi connectivity index (χ3n) is 4.20. The van der Waals surface area contributed by atoms with Crippen LogP contribution in [-0.4, -0.2) is 34.0 Å². The van der Waals surface area contributed by atoms with Crippen molar-refractivity contribution in [3.05, 3.63) is 51.3 Å².